The predicted molar refractivity (Wildman–Crippen MR) is 96.7 cm³/mol. The molecule has 27 heavy (non-hydrogen) atoms. The van der Waals surface area contributed by atoms with E-state index in [2.05, 4.69) is 5.32 Å². The van der Waals surface area contributed by atoms with Crippen LogP contribution in [0.1, 0.15) is 44.1 Å². The average molecular weight is 370 g/mol. The van der Waals surface area contributed by atoms with E-state index in [-0.39, 0.29) is 24.3 Å². The van der Waals surface area contributed by atoms with Gasteiger partial charge in [-0.2, -0.15) is 5.26 Å². The van der Waals surface area contributed by atoms with Crippen LogP contribution in [0.5, 0.6) is 11.5 Å². The number of esters is 1. The van der Waals surface area contributed by atoms with Crippen LogP contribution in [0.4, 0.5) is 0 Å². The lowest BCUT2D eigenvalue weighted by Gasteiger charge is -2.16. The summed E-state index contributed by atoms with van der Waals surface area (Å²) in [6.45, 7) is -0.249. The maximum absolute atomic E-state index is 12.1. The molecule has 1 saturated carbocycles. The zero-order chi connectivity index (χ0) is 19.1. The minimum atomic E-state index is -0.828. The summed E-state index contributed by atoms with van der Waals surface area (Å²) in [6, 6.07) is 7.03. The summed E-state index contributed by atoms with van der Waals surface area (Å²) in [4.78, 5) is 24.1. The van der Waals surface area contributed by atoms with Crippen LogP contribution in [0.25, 0.3) is 6.08 Å². The highest BCUT2D eigenvalue weighted by atomic mass is 16.7. The van der Waals surface area contributed by atoms with E-state index in [1.165, 1.54) is 18.9 Å². The van der Waals surface area contributed by atoms with Crippen LogP contribution in [0.2, 0.25) is 0 Å². The van der Waals surface area contributed by atoms with Crippen LogP contribution >= 0.6 is 0 Å². The smallest absolute Gasteiger partial charge is 0.349 e. The van der Waals surface area contributed by atoms with Crippen molar-refractivity contribution in [3.05, 3.63) is 29.3 Å². The van der Waals surface area contributed by atoms with Gasteiger partial charge in [0, 0.05) is 6.04 Å². The van der Waals surface area contributed by atoms with Crippen molar-refractivity contribution in [2.45, 2.75) is 44.6 Å². The first-order valence-corrected chi connectivity index (χ1v) is 9.13. The molecule has 0 radical (unpaired) electrons. The Morgan fingerprint density at radius 3 is 2.67 bits per heavy atom. The molecule has 0 saturated heterocycles. The molecule has 2 aliphatic rings. The standard InChI is InChI=1S/C20H22N2O5/c21-11-15(9-14-7-8-17-18(10-14)27-13-26-17)20(24)25-12-19(23)22-16-5-3-1-2-4-6-16/h7-10,16H,1-6,12-13H2,(H,22,23)/b15-9+. The van der Waals surface area contributed by atoms with E-state index in [9.17, 15) is 14.9 Å². The van der Waals surface area contributed by atoms with Crippen molar-refractivity contribution in [1.82, 2.24) is 5.32 Å². The van der Waals surface area contributed by atoms with Crippen molar-refractivity contribution >= 4 is 18.0 Å². The number of amides is 1. The van der Waals surface area contributed by atoms with Crippen molar-refractivity contribution in [3.8, 4) is 17.6 Å². The normalized spacial score (nSPS) is 16.9. The minimum Gasteiger partial charge on any atom is -0.454 e. The number of benzene rings is 1. The SMILES string of the molecule is N#C/C(=C\c1ccc2c(c1)OCO2)C(=O)OCC(=O)NC1CCCCCC1. The van der Waals surface area contributed by atoms with Crippen molar-refractivity contribution in [3.63, 3.8) is 0 Å². The molecule has 1 aromatic carbocycles. The van der Waals surface area contributed by atoms with Gasteiger partial charge in [0.25, 0.3) is 5.91 Å². The highest BCUT2D eigenvalue weighted by Crippen LogP contribution is 2.33. The summed E-state index contributed by atoms with van der Waals surface area (Å²) < 4.78 is 15.5. The third kappa shape index (κ3) is 5.23. The zero-order valence-corrected chi connectivity index (χ0v) is 15.0. The fraction of sp³-hybridized carbons (Fsp3) is 0.450. The molecule has 1 aromatic rings. The Kier molecular flexibility index (Phi) is 6.31. The second-order valence-corrected chi connectivity index (χ2v) is 6.61. The largest absolute Gasteiger partial charge is 0.454 e. The Balaban J connectivity index is 1.54. The van der Waals surface area contributed by atoms with Gasteiger partial charge < -0.3 is 19.5 Å². The predicted octanol–water partition coefficient (Wildman–Crippen LogP) is 2.70. The molecule has 0 unspecified atom stereocenters. The number of carbonyl (C=O) groups is 2. The summed E-state index contributed by atoms with van der Waals surface area (Å²) in [7, 11) is 0. The molecule has 1 fully saturated rings. The highest BCUT2D eigenvalue weighted by molar-refractivity contribution is 5.98. The van der Waals surface area contributed by atoms with E-state index in [0.717, 1.165) is 25.7 Å². The number of rotatable bonds is 5. The fourth-order valence-electron chi connectivity index (χ4n) is 3.21. The van der Waals surface area contributed by atoms with Crippen LogP contribution in [0.3, 0.4) is 0 Å². The van der Waals surface area contributed by atoms with Crippen LogP contribution < -0.4 is 14.8 Å². The number of fused-ring (bicyclic) bond motifs is 1. The molecule has 1 aliphatic carbocycles. The first kappa shape index (κ1) is 18.8. The minimum absolute atomic E-state index is 0.137. The van der Waals surface area contributed by atoms with Gasteiger partial charge in [-0.1, -0.05) is 31.7 Å². The third-order valence-electron chi connectivity index (χ3n) is 4.60. The Hall–Kier alpha value is -3.01. The van der Waals surface area contributed by atoms with Crippen LogP contribution in [0.15, 0.2) is 23.8 Å². The molecule has 0 bridgehead atoms. The van der Waals surface area contributed by atoms with E-state index in [1.807, 2.05) is 6.07 Å². The van der Waals surface area contributed by atoms with E-state index >= 15 is 0 Å². The van der Waals surface area contributed by atoms with Gasteiger partial charge in [-0.05, 0) is 36.6 Å². The Morgan fingerprint density at radius 2 is 1.93 bits per heavy atom. The molecule has 0 aromatic heterocycles. The van der Waals surface area contributed by atoms with Crippen molar-refractivity contribution in [1.29, 1.82) is 5.26 Å². The van der Waals surface area contributed by atoms with E-state index in [0.29, 0.717) is 17.1 Å². The second-order valence-electron chi connectivity index (χ2n) is 6.61. The van der Waals surface area contributed by atoms with E-state index in [1.54, 1.807) is 18.2 Å². The summed E-state index contributed by atoms with van der Waals surface area (Å²) >= 11 is 0. The van der Waals surface area contributed by atoms with Gasteiger partial charge in [-0.15, -0.1) is 0 Å². The number of nitrogens with zero attached hydrogens (tertiary/aromatic N) is 1. The number of nitrogens with one attached hydrogen (secondary N) is 1. The van der Waals surface area contributed by atoms with E-state index < -0.39 is 12.6 Å². The molecule has 1 amide bonds. The number of hydrogen-bond acceptors (Lipinski definition) is 6. The Bertz CT molecular complexity index is 773. The van der Waals surface area contributed by atoms with E-state index in [4.69, 9.17) is 14.2 Å². The number of carbonyl (C=O) groups excluding carboxylic acids is 2. The van der Waals surface area contributed by atoms with Crippen LogP contribution in [0, 0.1) is 11.3 Å². The monoisotopic (exact) mass is 370 g/mol. The number of ether oxygens (including phenoxy) is 3. The molecule has 3 rings (SSSR count). The highest BCUT2D eigenvalue weighted by Gasteiger charge is 2.18. The summed E-state index contributed by atoms with van der Waals surface area (Å²) in [5, 5.41) is 12.1. The van der Waals surface area contributed by atoms with Gasteiger partial charge in [0.15, 0.2) is 18.1 Å². The Labute approximate surface area is 157 Å². The van der Waals surface area contributed by atoms with Gasteiger partial charge >= 0.3 is 5.97 Å². The van der Waals surface area contributed by atoms with Crippen molar-refractivity contribution in [2.75, 3.05) is 13.4 Å². The lowest BCUT2D eigenvalue weighted by Crippen LogP contribution is -2.37. The summed E-state index contributed by atoms with van der Waals surface area (Å²) in [5.74, 6) is 0.00223. The first-order valence-electron chi connectivity index (χ1n) is 9.13. The third-order valence-corrected chi connectivity index (χ3v) is 4.60. The van der Waals surface area contributed by atoms with Crippen LogP contribution in [-0.2, 0) is 14.3 Å². The molecule has 1 N–H and O–H groups in total. The molecule has 142 valence electrons. The van der Waals surface area contributed by atoms with Crippen molar-refractivity contribution < 1.29 is 23.8 Å². The lowest BCUT2D eigenvalue weighted by atomic mass is 10.1. The first-order chi connectivity index (χ1) is 13.2. The molecule has 0 spiro atoms. The summed E-state index contributed by atoms with van der Waals surface area (Å²) in [6.07, 6.45) is 7.88. The Morgan fingerprint density at radius 1 is 1.19 bits per heavy atom. The zero-order valence-electron chi connectivity index (χ0n) is 15.0. The quantitative estimate of drug-likeness (QED) is 0.370. The van der Waals surface area contributed by atoms with Crippen LogP contribution in [-0.4, -0.2) is 31.3 Å². The molecule has 0 atom stereocenters. The van der Waals surface area contributed by atoms with Gasteiger partial charge in [-0.25, -0.2) is 4.79 Å². The topological polar surface area (TPSA) is 97.7 Å². The molecular formula is C20H22N2O5. The molecule has 1 heterocycles. The lowest BCUT2D eigenvalue weighted by molar-refractivity contribution is -0.144. The summed E-state index contributed by atoms with van der Waals surface area (Å²) in [5.41, 5.74) is 0.423. The van der Waals surface area contributed by atoms with Gasteiger partial charge in [-0.3, -0.25) is 4.79 Å². The number of hydrogen-bond donors (Lipinski definition) is 1. The van der Waals surface area contributed by atoms with Gasteiger partial charge in [0.1, 0.15) is 11.6 Å². The fourth-order valence-corrected chi connectivity index (χ4v) is 3.21. The molecule has 7 nitrogen and oxygen atoms in total. The molecular weight excluding hydrogens is 348 g/mol. The maximum Gasteiger partial charge on any atom is 0.349 e. The van der Waals surface area contributed by atoms with Gasteiger partial charge in [0.05, 0.1) is 0 Å². The molecule has 1 aliphatic heterocycles. The maximum atomic E-state index is 12.1. The molecule has 7 heteroatoms. The second kappa shape index (κ2) is 9.08. The number of nitriles is 1. The average Bonchev–Trinajstić information content (AvgIpc) is 2.99. The van der Waals surface area contributed by atoms with Gasteiger partial charge in [0.2, 0.25) is 6.79 Å². The van der Waals surface area contributed by atoms with Crippen molar-refractivity contribution in [2.24, 2.45) is 0 Å².